The summed E-state index contributed by atoms with van der Waals surface area (Å²) >= 11 is 0. The molecular weight excluding hydrogens is 1540 g/mol. The minimum Gasteiger partial charge on any atom is -0.478 e. The van der Waals surface area contributed by atoms with Crippen LogP contribution in [-0.2, 0) is 87.2 Å². The first-order valence-electron chi connectivity index (χ1n) is 38.0. The molecule has 0 radical (unpaired) electrons. The Morgan fingerprint density at radius 3 is 1.17 bits per heavy atom. The maximum atomic E-state index is 13.4. The van der Waals surface area contributed by atoms with Gasteiger partial charge in [0.25, 0.3) is 17.7 Å². The highest BCUT2D eigenvalue weighted by molar-refractivity contribution is 6.84. The normalized spacial score (nSPS) is 11.2. The molecule has 0 unspecified atom stereocenters. The van der Waals surface area contributed by atoms with Gasteiger partial charge in [0.15, 0.2) is 16.6 Å². The Kier molecular flexibility index (Phi) is 40.0. The van der Waals surface area contributed by atoms with E-state index < -0.39 is 69.6 Å². The van der Waals surface area contributed by atoms with Crippen LogP contribution < -0.4 is 32.4 Å². The molecular formula is C86H110N6O23Si2. The van der Waals surface area contributed by atoms with Crippen molar-refractivity contribution in [3.63, 3.8) is 0 Å². The summed E-state index contributed by atoms with van der Waals surface area (Å²) in [6, 6.07) is 43.8. The minimum atomic E-state index is -1.87. The SMILES string of the molecule is CC.CCCC[Si](C)(C)O[Si](C)(C)CCCNC(=O)c1cc(-c2ccc(COO)c(CONC)c2)ccc1C(=O)O.CNOCc1cc(-c2ccc(C(=O)O)c(C(=O)Nc3cc(C)cc(C(=O)OCCOC(=O)C(C)(C)C)c3)c2)ccc1COO.CNOCc1cc(-c2ccc(C(=O)O)c(C(=O)Nc3cccc(C)c3)c2)ccc1COO. The Balaban J connectivity index is 0.000000313. The van der Waals surface area contributed by atoms with Crippen LogP contribution in [0.2, 0.25) is 38.3 Å². The van der Waals surface area contributed by atoms with E-state index in [1.807, 2.05) is 51.1 Å². The van der Waals surface area contributed by atoms with Gasteiger partial charge in [-0.25, -0.2) is 50.3 Å². The molecule has 0 heterocycles. The van der Waals surface area contributed by atoms with Gasteiger partial charge in [0, 0.05) is 39.1 Å². The van der Waals surface area contributed by atoms with Gasteiger partial charge in [0.2, 0.25) is 0 Å². The monoisotopic (exact) mass is 1650 g/mol. The van der Waals surface area contributed by atoms with Crippen LogP contribution in [-0.4, -0.2) is 136 Å². The van der Waals surface area contributed by atoms with Crippen molar-refractivity contribution in [3.8, 4) is 33.4 Å². The number of carbonyl (C=O) groups is 8. The second kappa shape index (κ2) is 48.2. The van der Waals surface area contributed by atoms with Gasteiger partial charge in [0.05, 0.1) is 64.2 Å². The third-order valence-corrected chi connectivity index (χ3v) is 25.3. The first-order valence-corrected chi connectivity index (χ1v) is 44.2. The summed E-state index contributed by atoms with van der Waals surface area (Å²) in [7, 11) is 1.32. The molecule has 12 N–H and O–H groups in total. The van der Waals surface area contributed by atoms with Gasteiger partial charge in [-0.1, -0.05) is 100 Å². The van der Waals surface area contributed by atoms with E-state index in [1.54, 1.807) is 140 Å². The second-order valence-electron chi connectivity index (χ2n) is 28.9. The largest absolute Gasteiger partial charge is 0.478 e. The number of ether oxygens (including phenoxy) is 2. The Bertz CT molecular complexity index is 4680. The van der Waals surface area contributed by atoms with Crippen molar-refractivity contribution in [2.24, 2.45) is 5.41 Å². The molecule has 29 nitrogen and oxygen atoms in total. The fourth-order valence-electron chi connectivity index (χ4n) is 12.1. The van der Waals surface area contributed by atoms with E-state index in [0.717, 1.165) is 57.5 Å². The Morgan fingerprint density at radius 2 is 0.786 bits per heavy atom. The van der Waals surface area contributed by atoms with Gasteiger partial charge in [-0.2, -0.15) is 0 Å². The third-order valence-electron chi connectivity index (χ3n) is 17.8. The summed E-state index contributed by atoms with van der Waals surface area (Å²) in [6.07, 6.45) is 3.13. The van der Waals surface area contributed by atoms with Crippen LogP contribution in [0.25, 0.3) is 33.4 Å². The molecule has 117 heavy (non-hydrogen) atoms. The van der Waals surface area contributed by atoms with E-state index in [-0.39, 0.29) is 97.5 Å². The fourth-order valence-corrected chi connectivity index (χ4v) is 21.2. The summed E-state index contributed by atoms with van der Waals surface area (Å²) in [5.74, 6) is -6.38. The van der Waals surface area contributed by atoms with E-state index in [2.05, 4.69) is 80.2 Å². The van der Waals surface area contributed by atoms with Crippen LogP contribution in [0.3, 0.4) is 0 Å². The number of nitrogens with one attached hydrogen (secondary N) is 6. The molecule has 0 atom stereocenters. The van der Waals surface area contributed by atoms with E-state index in [9.17, 15) is 53.7 Å². The van der Waals surface area contributed by atoms with E-state index >= 15 is 0 Å². The number of hydrogen-bond acceptors (Lipinski definition) is 23. The van der Waals surface area contributed by atoms with Crippen molar-refractivity contribution in [2.45, 2.75) is 153 Å². The van der Waals surface area contributed by atoms with E-state index in [4.69, 9.17) is 43.9 Å². The molecule has 0 aliphatic rings. The predicted octanol–water partition coefficient (Wildman–Crippen LogP) is 16.3. The molecule has 0 aliphatic heterocycles. The highest BCUT2D eigenvalue weighted by atomic mass is 28.4. The summed E-state index contributed by atoms with van der Waals surface area (Å²) in [5.41, 5.74) is 17.9. The molecule has 8 aromatic carbocycles. The average Bonchev–Trinajstić information content (AvgIpc) is 0.795. The number of hydroxylamine groups is 3. The van der Waals surface area contributed by atoms with Crippen LogP contribution in [0.5, 0.6) is 0 Å². The highest BCUT2D eigenvalue weighted by Gasteiger charge is 2.33. The molecule has 630 valence electrons. The maximum Gasteiger partial charge on any atom is 0.338 e. The first-order chi connectivity index (χ1) is 55.7. The quantitative estimate of drug-likeness (QED) is 0.00560. The molecule has 0 spiro atoms. The first kappa shape index (κ1) is 97.0. The summed E-state index contributed by atoms with van der Waals surface area (Å²) in [4.78, 5) is 128. The van der Waals surface area contributed by atoms with Crippen molar-refractivity contribution in [3.05, 3.63) is 235 Å². The third kappa shape index (κ3) is 31.1. The van der Waals surface area contributed by atoms with Crippen LogP contribution in [0.15, 0.2) is 152 Å². The number of amides is 3. The van der Waals surface area contributed by atoms with Crippen molar-refractivity contribution in [1.29, 1.82) is 0 Å². The lowest BCUT2D eigenvalue weighted by Gasteiger charge is -2.34. The van der Waals surface area contributed by atoms with Gasteiger partial charge in [-0.3, -0.25) is 49.5 Å². The number of benzene rings is 8. The van der Waals surface area contributed by atoms with Gasteiger partial charge in [-0.15, -0.1) is 0 Å². The van der Waals surface area contributed by atoms with Gasteiger partial charge >= 0.3 is 29.8 Å². The molecule has 0 aromatic heterocycles. The van der Waals surface area contributed by atoms with Crippen LogP contribution in [0.4, 0.5) is 11.4 Å². The Morgan fingerprint density at radius 1 is 0.410 bits per heavy atom. The Labute approximate surface area is 684 Å². The van der Waals surface area contributed by atoms with Crippen molar-refractivity contribution >= 4 is 75.6 Å². The lowest BCUT2D eigenvalue weighted by atomic mass is 9.95. The lowest BCUT2D eigenvalue weighted by molar-refractivity contribution is -0.253. The number of unbranched alkanes of at least 4 members (excludes halogenated alkanes) is 1. The second-order valence-corrected chi connectivity index (χ2v) is 37.8. The van der Waals surface area contributed by atoms with Crippen molar-refractivity contribution in [1.82, 2.24) is 21.8 Å². The number of carboxylic acid groups (broad SMARTS) is 3. The Hall–Kier alpha value is -10.6. The van der Waals surface area contributed by atoms with E-state index in [0.29, 0.717) is 51.2 Å². The number of esters is 2. The van der Waals surface area contributed by atoms with Crippen molar-refractivity contribution in [2.75, 3.05) is 51.5 Å². The predicted molar refractivity (Wildman–Crippen MR) is 448 cm³/mol. The smallest absolute Gasteiger partial charge is 0.338 e. The molecule has 8 rings (SSSR count). The van der Waals surface area contributed by atoms with Crippen molar-refractivity contribution < 1.29 is 112 Å². The fraction of sp³-hybridized carbons (Fsp3) is 0.349. The van der Waals surface area contributed by atoms with Crippen LogP contribution >= 0.6 is 0 Å². The molecule has 31 heteroatoms. The number of carboxylic acids is 3. The number of anilines is 2. The standard InChI is InChI=1S/C32H36N2O10.C28H44N2O7Si2.C24H24N2O6.C2H6/c1-19-12-23(30(38)41-10-11-42-31(39)32(2,3)4)15-25(13-19)34-28(35)27-16-21(8-9-26(27)29(36)37)20-6-7-22(18-44-40)24(14-20)17-43-33-5;1-7-8-15-38(3,4)37-39(5,6)16-9-14-30-27(31)26-18-22(12-13-25(26)28(32)33)21-10-11-23(20-36-34)24(17-21)19-35-29-2;1-15-4-3-5-20(10-15)26-23(27)22-12-17(8-9-21(22)24(28)29)16-6-7-18(14-32-30)19(11-16)13-31-25-2;1-2/h6-9,12-16,33,40H,10-11,17-18H2,1-5H3,(H,34,35)(H,36,37);10-13,17-18,29,34H,7-9,14-16,19-20H2,1-6H3,(H,30,31)(H,32,33);3-12,25,30H,13-14H2,1-2H3,(H,26,27)(H,28,29);1-2H3. The average molecular weight is 1650 g/mol. The highest BCUT2D eigenvalue weighted by Crippen LogP contribution is 2.32. The molecule has 8 aromatic rings. The zero-order valence-electron chi connectivity index (χ0n) is 69.0. The minimum absolute atomic E-state index is 0.00256. The van der Waals surface area contributed by atoms with E-state index in [1.165, 1.54) is 43.2 Å². The van der Waals surface area contributed by atoms with Gasteiger partial charge in [-0.05, 0) is 242 Å². The molecule has 0 bridgehead atoms. The summed E-state index contributed by atoms with van der Waals surface area (Å²) < 4.78 is 17.0. The summed E-state index contributed by atoms with van der Waals surface area (Å²) in [6.45, 7) is 24.7. The van der Waals surface area contributed by atoms with Crippen LogP contribution in [0.1, 0.15) is 178 Å². The zero-order chi connectivity index (χ0) is 86.6. The number of rotatable bonds is 39. The molecule has 0 saturated heterocycles. The molecule has 3 amide bonds. The maximum absolute atomic E-state index is 13.4. The number of hydrogen-bond donors (Lipinski definition) is 12. The lowest BCUT2D eigenvalue weighted by Crippen LogP contribution is -2.44. The van der Waals surface area contributed by atoms with Gasteiger partial charge in [0.1, 0.15) is 33.0 Å². The zero-order valence-corrected chi connectivity index (χ0v) is 71.0. The molecule has 0 aliphatic carbocycles. The topological polar surface area (TPSA) is 413 Å². The molecule has 0 saturated carbocycles. The number of carbonyl (C=O) groups excluding carboxylic acids is 5. The summed E-state index contributed by atoms with van der Waals surface area (Å²) in [5, 5.41) is 64.1. The van der Waals surface area contributed by atoms with Gasteiger partial charge < -0.3 is 44.9 Å². The molecule has 0 fully saturated rings. The number of aromatic carboxylic acids is 3. The number of aryl methyl sites for hydroxylation is 2. The van der Waals surface area contributed by atoms with Crippen LogP contribution in [0, 0.1) is 19.3 Å².